The second-order valence-corrected chi connectivity index (χ2v) is 4.67. The van der Waals surface area contributed by atoms with Crippen LogP contribution in [0, 0.1) is 25.7 Å². The molecule has 15 heavy (non-hydrogen) atoms. The molecule has 1 N–H and O–H groups in total. The lowest BCUT2D eigenvalue weighted by atomic mass is 10.1. The number of nitrogens with one attached hydrogen (secondary N) is 1. The van der Waals surface area contributed by atoms with E-state index in [2.05, 4.69) is 22.2 Å². The zero-order valence-electron chi connectivity index (χ0n) is 9.75. The summed E-state index contributed by atoms with van der Waals surface area (Å²) in [4.78, 5) is 8.73. The maximum atomic E-state index is 4.36. The van der Waals surface area contributed by atoms with E-state index >= 15 is 0 Å². The first-order valence-electron chi connectivity index (χ1n) is 5.71. The van der Waals surface area contributed by atoms with Gasteiger partial charge in [0, 0.05) is 17.9 Å². The molecule has 1 aliphatic carbocycles. The number of aromatic nitrogens is 2. The standard InChI is InChI=1S/C12H19N3/c1-8(11-4-5-11)7-13-12-14-9(2)6-10(3)15-12/h6,8,11H,4-5,7H2,1-3H3,(H,13,14,15). The van der Waals surface area contributed by atoms with Crippen LogP contribution in [-0.4, -0.2) is 16.5 Å². The van der Waals surface area contributed by atoms with E-state index in [1.54, 1.807) is 0 Å². The fourth-order valence-corrected chi connectivity index (χ4v) is 1.89. The predicted octanol–water partition coefficient (Wildman–Crippen LogP) is 2.55. The third-order valence-electron chi connectivity index (χ3n) is 2.99. The van der Waals surface area contributed by atoms with Gasteiger partial charge >= 0.3 is 0 Å². The first-order valence-corrected chi connectivity index (χ1v) is 5.71. The van der Waals surface area contributed by atoms with E-state index in [4.69, 9.17) is 0 Å². The van der Waals surface area contributed by atoms with Crippen LogP contribution in [0.4, 0.5) is 5.95 Å². The van der Waals surface area contributed by atoms with Crippen molar-refractivity contribution in [3.63, 3.8) is 0 Å². The van der Waals surface area contributed by atoms with Gasteiger partial charge in [0.25, 0.3) is 0 Å². The lowest BCUT2D eigenvalue weighted by molar-refractivity contribution is 0.535. The minimum atomic E-state index is 0.745. The van der Waals surface area contributed by atoms with E-state index in [0.717, 1.165) is 35.7 Å². The summed E-state index contributed by atoms with van der Waals surface area (Å²) >= 11 is 0. The van der Waals surface area contributed by atoms with Crippen molar-refractivity contribution in [1.82, 2.24) is 9.97 Å². The Bertz CT molecular complexity index is 324. The van der Waals surface area contributed by atoms with Crippen molar-refractivity contribution in [2.45, 2.75) is 33.6 Å². The Labute approximate surface area is 91.3 Å². The van der Waals surface area contributed by atoms with Crippen LogP contribution in [0.3, 0.4) is 0 Å². The summed E-state index contributed by atoms with van der Waals surface area (Å²) in [5, 5.41) is 3.33. The van der Waals surface area contributed by atoms with Gasteiger partial charge in [0.1, 0.15) is 0 Å². The van der Waals surface area contributed by atoms with Gasteiger partial charge in [0.15, 0.2) is 0 Å². The molecular formula is C12H19N3. The smallest absolute Gasteiger partial charge is 0.223 e. The Kier molecular flexibility index (Phi) is 2.89. The average Bonchev–Trinajstić information content (AvgIpc) is 2.95. The maximum Gasteiger partial charge on any atom is 0.223 e. The molecular weight excluding hydrogens is 186 g/mol. The molecule has 0 aliphatic heterocycles. The van der Waals surface area contributed by atoms with Gasteiger partial charge in [-0.25, -0.2) is 9.97 Å². The van der Waals surface area contributed by atoms with Crippen LogP contribution in [0.25, 0.3) is 0 Å². The number of hydrogen-bond donors (Lipinski definition) is 1. The molecule has 0 radical (unpaired) electrons. The lowest BCUT2D eigenvalue weighted by Gasteiger charge is -2.11. The zero-order chi connectivity index (χ0) is 10.8. The molecule has 1 heterocycles. The van der Waals surface area contributed by atoms with Crippen LogP contribution in [-0.2, 0) is 0 Å². The number of hydrogen-bond acceptors (Lipinski definition) is 3. The van der Waals surface area contributed by atoms with Gasteiger partial charge in [-0.3, -0.25) is 0 Å². The van der Waals surface area contributed by atoms with Crippen LogP contribution in [0.1, 0.15) is 31.2 Å². The molecule has 0 bridgehead atoms. The third kappa shape index (κ3) is 2.91. The minimum Gasteiger partial charge on any atom is -0.354 e. The lowest BCUT2D eigenvalue weighted by Crippen LogP contribution is -2.15. The number of nitrogens with zero attached hydrogens (tertiary/aromatic N) is 2. The van der Waals surface area contributed by atoms with E-state index in [0.29, 0.717) is 0 Å². The van der Waals surface area contributed by atoms with Gasteiger partial charge in [-0.15, -0.1) is 0 Å². The summed E-state index contributed by atoms with van der Waals surface area (Å²) in [6.45, 7) is 7.30. The summed E-state index contributed by atoms with van der Waals surface area (Å²) in [7, 11) is 0. The Hall–Kier alpha value is -1.12. The van der Waals surface area contributed by atoms with Crippen LogP contribution >= 0.6 is 0 Å². The van der Waals surface area contributed by atoms with Crippen molar-refractivity contribution in [2.75, 3.05) is 11.9 Å². The Morgan fingerprint density at radius 2 is 1.93 bits per heavy atom. The normalized spacial score (nSPS) is 17.5. The van der Waals surface area contributed by atoms with Gasteiger partial charge in [-0.2, -0.15) is 0 Å². The Morgan fingerprint density at radius 3 is 2.47 bits per heavy atom. The van der Waals surface area contributed by atoms with E-state index in [9.17, 15) is 0 Å². The quantitative estimate of drug-likeness (QED) is 0.821. The molecule has 3 heteroatoms. The molecule has 3 nitrogen and oxygen atoms in total. The van der Waals surface area contributed by atoms with Crippen LogP contribution in [0.5, 0.6) is 0 Å². The highest BCUT2D eigenvalue weighted by atomic mass is 15.1. The molecule has 1 atom stereocenters. The van der Waals surface area contributed by atoms with Gasteiger partial charge in [-0.05, 0) is 44.6 Å². The first-order chi connectivity index (χ1) is 7.15. The fraction of sp³-hybridized carbons (Fsp3) is 0.667. The maximum absolute atomic E-state index is 4.36. The predicted molar refractivity (Wildman–Crippen MR) is 61.9 cm³/mol. The molecule has 1 aromatic heterocycles. The van der Waals surface area contributed by atoms with Gasteiger partial charge in [0.2, 0.25) is 5.95 Å². The number of anilines is 1. The topological polar surface area (TPSA) is 37.8 Å². The van der Waals surface area contributed by atoms with Crippen molar-refractivity contribution < 1.29 is 0 Å². The highest BCUT2D eigenvalue weighted by molar-refractivity contribution is 5.27. The third-order valence-corrected chi connectivity index (χ3v) is 2.99. The highest BCUT2D eigenvalue weighted by Crippen LogP contribution is 2.36. The second kappa shape index (κ2) is 4.17. The highest BCUT2D eigenvalue weighted by Gasteiger charge is 2.27. The molecule has 0 aromatic carbocycles. The molecule has 0 amide bonds. The van der Waals surface area contributed by atoms with E-state index in [-0.39, 0.29) is 0 Å². The number of rotatable bonds is 4. The summed E-state index contributed by atoms with van der Waals surface area (Å²) in [6.07, 6.45) is 2.80. The fourth-order valence-electron chi connectivity index (χ4n) is 1.89. The molecule has 1 unspecified atom stereocenters. The van der Waals surface area contributed by atoms with Crippen LogP contribution in [0.15, 0.2) is 6.07 Å². The van der Waals surface area contributed by atoms with Crippen LogP contribution < -0.4 is 5.32 Å². The molecule has 1 saturated carbocycles. The monoisotopic (exact) mass is 205 g/mol. The van der Waals surface area contributed by atoms with E-state index < -0.39 is 0 Å². The molecule has 1 fully saturated rings. The minimum absolute atomic E-state index is 0.745. The summed E-state index contributed by atoms with van der Waals surface area (Å²) in [6, 6.07) is 2.00. The average molecular weight is 205 g/mol. The molecule has 1 aliphatic rings. The van der Waals surface area contributed by atoms with Crippen molar-refractivity contribution in [1.29, 1.82) is 0 Å². The Balaban J connectivity index is 1.91. The zero-order valence-corrected chi connectivity index (χ0v) is 9.75. The van der Waals surface area contributed by atoms with Crippen LogP contribution in [0.2, 0.25) is 0 Å². The summed E-state index contributed by atoms with van der Waals surface area (Å²) in [5.41, 5.74) is 2.06. The van der Waals surface area contributed by atoms with Gasteiger partial charge in [0.05, 0.1) is 0 Å². The second-order valence-electron chi connectivity index (χ2n) is 4.67. The molecule has 1 aromatic rings. The SMILES string of the molecule is Cc1cc(C)nc(NCC(C)C2CC2)n1. The largest absolute Gasteiger partial charge is 0.354 e. The van der Waals surface area contributed by atoms with Crippen molar-refractivity contribution in [3.05, 3.63) is 17.5 Å². The van der Waals surface area contributed by atoms with E-state index in [1.165, 1.54) is 12.8 Å². The molecule has 0 spiro atoms. The van der Waals surface area contributed by atoms with Crippen molar-refractivity contribution >= 4 is 5.95 Å². The van der Waals surface area contributed by atoms with E-state index in [1.807, 2.05) is 19.9 Å². The summed E-state index contributed by atoms with van der Waals surface area (Å²) in [5.74, 6) is 2.46. The molecule has 82 valence electrons. The van der Waals surface area contributed by atoms with Gasteiger partial charge < -0.3 is 5.32 Å². The molecule has 2 rings (SSSR count). The first kappa shape index (κ1) is 10.4. The Morgan fingerprint density at radius 1 is 1.33 bits per heavy atom. The van der Waals surface area contributed by atoms with Crippen molar-refractivity contribution in [2.24, 2.45) is 11.8 Å². The van der Waals surface area contributed by atoms with Gasteiger partial charge in [-0.1, -0.05) is 6.92 Å². The van der Waals surface area contributed by atoms with Crippen molar-refractivity contribution in [3.8, 4) is 0 Å². The molecule has 0 saturated heterocycles. The summed E-state index contributed by atoms with van der Waals surface area (Å²) < 4.78 is 0. The number of aryl methyl sites for hydroxylation is 2.